The fraction of sp³-hybridized carbons (Fsp3) is 0.440. The number of fused-ring (bicyclic) bond motifs is 4. The molecule has 9 nitrogen and oxygen atoms in total. The molecule has 1 amide bonds. The number of nitrogens with zero attached hydrogens (tertiary/aromatic N) is 6. The lowest BCUT2D eigenvalue weighted by Gasteiger charge is -2.27. The first-order valence-corrected chi connectivity index (χ1v) is 12.8. The van der Waals surface area contributed by atoms with Crippen molar-refractivity contribution in [3.8, 4) is 5.75 Å². The first-order chi connectivity index (χ1) is 17.0. The minimum absolute atomic E-state index is 0.0465. The molecule has 2 atom stereocenters. The number of likely N-dealkylation sites (tertiary alicyclic amines) is 1. The summed E-state index contributed by atoms with van der Waals surface area (Å²) in [6, 6.07) is 4.42. The van der Waals surface area contributed by atoms with E-state index in [0.29, 0.717) is 17.7 Å². The van der Waals surface area contributed by atoms with Crippen molar-refractivity contribution in [3.63, 3.8) is 0 Å². The summed E-state index contributed by atoms with van der Waals surface area (Å²) in [4.78, 5) is 29.0. The molecule has 6 rings (SSSR count). The highest BCUT2D eigenvalue weighted by Gasteiger charge is 2.35. The van der Waals surface area contributed by atoms with Gasteiger partial charge in [-0.05, 0) is 57.5 Å². The van der Waals surface area contributed by atoms with Crippen LogP contribution in [0.15, 0.2) is 30.9 Å². The Hall–Kier alpha value is -3.24. The van der Waals surface area contributed by atoms with Crippen molar-refractivity contribution in [2.45, 2.75) is 31.7 Å². The molecule has 35 heavy (non-hydrogen) atoms. The molecule has 0 bridgehead atoms. The van der Waals surface area contributed by atoms with Crippen LogP contribution < -0.4 is 10.1 Å². The number of thiophene rings is 1. The molecule has 1 saturated heterocycles. The van der Waals surface area contributed by atoms with Crippen LogP contribution in [0.1, 0.15) is 23.3 Å². The Morgan fingerprint density at radius 2 is 2.17 bits per heavy atom. The lowest BCUT2D eigenvalue weighted by molar-refractivity contribution is -0.134. The fourth-order valence-electron chi connectivity index (χ4n) is 5.37. The molecular formula is C25H29N7O2S. The van der Waals surface area contributed by atoms with Gasteiger partial charge in [0.2, 0.25) is 5.91 Å². The minimum Gasteiger partial charge on any atom is -0.493 e. The maximum Gasteiger partial charge on any atom is 0.226 e. The summed E-state index contributed by atoms with van der Waals surface area (Å²) in [5.41, 5.74) is 3.06. The molecule has 1 unspecified atom stereocenters. The van der Waals surface area contributed by atoms with E-state index in [9.17, 15) is 4.79 Å². The van der Waals surface area contributed by atoms with Gasteiger partial charge in [0.1, 0.15) is 17.0 Å². The normalized spacial score (nSPS) is 20.1. The van der Waals surface area contributed by atoms with Crippen LogP contribution in [0, 0.1) is 5.92 Å². The first kappa shape index (κ1) is 22.2. The first-order valence-electron chi connectivity index (χ1n) is 12.0. The van der Waals surface area contributed by atoms with Crippen LogP contribution in [0.4, 0.5) is 11.5 Å². The highest BCUT2D eigenvalue weighted by molar-refractivity contribution is 7.19. The van der Waals surface area contributed by atoms with Crippen LogP contribution in [0.5, 0.6) is 5.75 Å². The molecule has 0 spiro atoms. The second-order valence-corrected chi connectivity index (χ2v) is 10.7. The van der Waals surface area contributed by atoms with Crippen LogP contribution in [0.25, 0.3) is 15.7 Å². The van der Waals surface area contributed by atoms with Gasteiger partial charge in [0.15, 0.2) is 5.75 Å². The Bertz CT molecular complexity index is 1410. The van der Waals surface area contributed by atoms with Crippen LogP contribution in [0.2, 0.25) is 0 Å². The third-order valence-electron chi connectivity index (χ3n) is 7.37. The molecule has 1 N–H and O–H groups in total. The summed E-state index contributed by atoms with van der Waals surface area (Å²) in [5, 5.41) is 8.84. The van der Waals surface area contributed by atoms with Crippen molar-refractivity contribution >= 4 is 44.5 Å². The Morgan fingerprint density at radius 3 is 2.97 bits per heavy atom. The minimum atomic E-state index is 0.0465. The van der Waals surface area contributed by atoms with E-state index in [1.165, 1.54) is 10.4 Å². The van der Waals surface area contributed by atoms with E-state index in [4.69, 9.17) is 4.74 Å². The monoisotopic (exact) mass is 491 g/mol. The quantitative estimate of drug-likeness (QED) is 0.458. The molecule has 10 heteroatoms. The van der Waals surface area contributed by atoms with Gasteiger partial charge in [-0.3, -0.25) is 4.79 Å². The van der Waals surface area contributed by atoms with Crippen molar-refractivity contribution < 1.29 is 9.53 Å². The average molecular weight is 492 g/mol. The van der Waals surface area contributed by atoms with Crippen molar-refractivity contribution in [1.82, 2.24) is 29.4 Å². The highest BCUT2D eigenvalue weighted by atomic mass is 32.1. The number of ether oxygens (including phenoxy) is 1. The van der Waals surface area contributed by atoms with E-state index in [0.717, 1.165) is 66.0 Å². The molecule has 0 saturated carbocycles. The molecule has 5 heterocycles. The van der Waals surface area contributed by atoms with Crippen molar-refractivity contribution in [2.24, 2.45) is 5.92 Å². The zero-order chi connectivity index (χ0) is 24.1. The van der Waals surface area contributed by atoms with Gasteiger partial charge in [-0.2, -0.15) is 5.10 Å². The maximum atomic E-state index is 13.3. The number of pyridine rings is 1. The predicted molar refractivity (Wildman–Crippen MR) is 137 cm³/mol. The second-order valence-electron chi connectivity index (χ2n) is 9.62. The number of carbonyl (C=O) groups is 1. The molecule has 2 aliphatic rings. The summed E-state index contributed by atoms with van der Waals surface area (Å²) in [6.45, 7) is 1.70. The molecule has 1 aliphatic carbocycles. The SMILES string of the molecule is COc1cn2nccc2cc1Nc1ncnc2sc3c(c12)CC[C@H](C(=O)N1CCC(N(C)C)C1)C3. The Morgan fingerprint density at radius 1 is 1.29 bits per heavy atom. The largest absolute Gasteiger partial charge is 0.493 e. The number of carbonyl (C=O) groups excluding carboxylic acids is 1. The van der Waals surface area contributed by atoms with E-state index in [2.05, 4.69) is 44.3 Å². The molecule has 4 aromatic rings. The van der Waals surface area contributed by atoms with Crippen molar-refractivity contribution in [2.75, 3.05) is 39.6 Å². The Balaban J connectivity index is 1.28. The summed E-state index contributed by atoms with van der Waals surface area (Å²) in [5.74, 6) is 1.81. The highest BCUT2D eigenvalue weighted by Crippen LogP contribution is 2.41. The number of aryl methyl sites for hydroxylation is 1. The number of hydrogen-bond acceptors (Lipinski definition) is 8. The number of amides is 1. The third-order valence-corrected chi connectivity index (χ3v) is 8.53. The standard InChI is InChI=1S/C25H29N7O2S/c1-30(2)17-7-9-31(12-17)25(33)15-4-5-18-21(10-15)35-24-22(18)23(26-14-27-24)29-19-11-16-6-8-28-32(16)13-20(19)34-3/h6,8,11,13-15,17H,4-5,7,9-10,12H2,1-3H3,(H,26,27,29)/t15-,17?/m0/s1. The summed E-state index contributed by atoms with van der Waals surface area (Å²) >= 11 is 1.69. The number of nitrogens with one attached hydrogen (secondary N) is 1. The van der Waals surface area contributed by atoms with E-state index in [-0.39, 0.29) is 5.92 Å². The lowest BCUT2D eigenvalue weighted by Crippen LogP contribution is -2.39. The third kappa shape index (κ3) is 3.90. The van der Waals surface area contributed by atoms with Gasteiger partial charge >= 0.3 is 0 Å². The van der Waals surface area contributed by atoms with Crippen molar-refractivity contribution in [1.29, 1.82) is 0 Å². The molecule has 182 valence electrons. The molecule has 0 aromatic carbocycles. The van der Waals surface area contributed by atoms with E-state index in [1.54, 1.807) is 35.5 Å². The van der Waals surface area contributed by atoms with Crippen LogP contribution in [-0.2, 0) is 17.6 Å². The number of hydrogen-bond donors (Lipinski definition) is 1. The topological polar surface area (TPSA) is 87.9 Å². The van der Waals surface area contributed by atoms with Gasteiger partial charge in [0.25, 0.3) is 0 Å². The second kappa shape index (κ2) is 8.76. The number of aromatic nitrogens is 4. The van der Waals surface area contributed by atoms with E-state index >= 15 is 0 Å². The van der Waals surface area contributed by atoms with Gasteiger partial charge in [-0.1, -0.05) is 0 Å². The van der Waals surface area contributed by atoms with E-state index in [1.807, 2.05) is 18.3 Å². The predicted octanol–water partition coefficient (Wildman–Crippen LogP) is 3.36. The summed E-state index contributed by atoms with van der Waals surface area (Å²) < 4.78 is 7.39. The Labute approximate surface area is 207 Å². The van der Waals surface area contributed by atoms with Gasteiger partial charge in [-0.25, -0.2) is 14.5 Å². The van der Waals surface area contributed by atoms with Crippen LogP contribution >= 0.6 is 11.3 Å². The number of methoxy groups -OCH3 is 1. The van der Waals surface area contributed by atoms with Gasteiger partial charge < -0.3 is 19.9 Å². The zero-order valence-corrected chi connectivity index (χ0v) is 21.0. The van der Waals surface area contributed by atoms with Crippen molar-refractivity contribution in [3.05, 3.63) is 41.3 Å². The number of anilines is 2. The summed E-state index contributed by atoms with van der Waals surface area (Å²) in [6.07, 6.45) is 8.77. The molecule has 1 aliphatic heterocycles. The van der Waals surface area contributed by atoms with Gasteiger partial charge in [0, 0.05) is 36.1 Å². The summed E-state index contributed by atoms with van der Waals surface area (Å²) in [7, 11) is 5.84. The Kier molecular flexibility index (Phi) is 5.57. The maximum absolute atomic E-state index is 13.3. The van der Waals surface area contributed by atoms with E-state index < -0.39 is 0 Å². The molecule has 1 fully saturated rings. The van der Waals surface area contributed by atoms with Crippen LogP contribution in [0.3, 0.4) is 0 Å². The van der Waals surface area contributed by atoms with Gasteiger partial charge in [-0.15, -0.1) is 11.3 Å². The van der Waals surface area contributed by atoms with Gasteiger partial charge in [0.05, 0.1) is 29.9 Å². The average Bonchev–Trinajstić information content (AvgIpc) is 3.60. The molecule has 0 radical (unpaired) electrons. The smallest absolute Gasteiger partial charge is 0.226 e. The molecule has 4 aromatic heterocycles. The fourth-order valence-corrected chi connectivity index (χ4v) is 6.64. The lowest BCUT2D eigenvalue weighted by atomic mass is 9.87. The zero-order valence-electron chi connectivity index (χ0n) is 20.2. The molecular weight excluding hydrogens is 462 g/mol. The van der Waals surface area contributed by atoms with Crippen LogP contribution in [-0.4, -0.2) is 75.6 Å². The number of likely N-dealkylation sites (N-methyl/N-ethyl adjacent to an activating group) is 1. The number of rotatable bonds is 5.